The summed E-state index contributed by atoms with van der Waals surface area (Å²) in [4.78, 5) is 29.5. The van der Waals surface area contributed by atoms with Crippen LogP contribution in [0.2, 0.25) is 0 Å². The van der Waals surface area contributed by atoms with E-state index in [2.05, 4.69) is 22.0 Å². The monoisotopic (exact) mass is 365 g/mol. The summed E-state index contributed by atoms with van der Waals surface area (Å²) in [5.74, 6) is 0.149. The van der Waals surface area contributed by atoms with Crippen LogP contribution in [0.15, 0.2) is 0 Å². The molecule has 3 fully saturated rings. The van der Waals surface area contributed by atoms with Crippen LogP contribution in [0.1, 0.15) is 64.7 Å². The van der Waals surface area contributed by atoms with E-state index in [1.165, 1.54) is 6.42 Å². The van der Waals surface area contributed by atoms with Gasteiger partial charge in [-0.05, 0) is 51.5 Å². The van der Waals surface area contributed by atoms with Crippen LogP contribution >= 0.6 is 0 Å². The van der Waals surface area contributed by atoms with Crippen molar-refractivity contribution in [2.75, 3.05) is 32.8 Å². The van der Waals surface area contributed by atoms with Gasteiger partial charge in [0, 0.05) is 51.2 Å². The lowest BCUT2D eigenvalue weighted by Gasteiger charge is -2.39. The Morgan fingerprint density at radius 2 is 1.81 bits per heavy atom. The van der Waals surface area contributed by atoms with Crippen molar-refractivity contribution in [3.05, 3.63) is 0 Å². The Bertz CT molecular complexity index is 467. The van der Waals surface area contributed by atoms with E-state index in [1.54, 1.807) is 0 Å². The van der Waals surface area contributed by atoms with E-state index in [9.17, 15) is 9.59 Å². The maximum atomic E-state index is 12.8. The van der Waals surface area contributed by atoms with Gasteiger partial charge in [0.2, 0.25) is 11.8 Å². The van der Waals surface area contributed by atoms with Gasteiger partial charge in [0.25, 0.3) is 0 Å². The summed E-state index contributed by atoms with van der Waals surface area (Å²) in [6.45, 7) is 6.94. The zero-order chi connectivity index (χ0) is 18.4. The molecule has 0 aromatic rings. The van der Waals surface area contributed by atoms with E-state index in [0.29, 0.717) is 31.5 Å². The Hall–Kier alpha value is -1.14. The van der Waals surface area contributed by atoms with Crippen molar-refractivity contribution in [3.63, 3.8) is 0 Å². The highest BCUT2D eigenvalue weighted by atomic mass is 16.5. The van der Waals surface area contributed by atoms with Crippen molar-refractivity contribution in [1.82, 2.24) is 15.1 Å². The SMILES string of the molecule is CCCN1CCC(N(C(=O)CCC(=O)NCC2CCCO2)C2CC2)CC1. The lowest BCUT2D eigenvalue weighted by atomic mass is 10.0. The molecule has 6 heteroatoms. The second-order valence-corrected chi connectivity index (χ2v) is 8.04. The Morgan fingerprint density at radius 1 is 1.08 bits per heavy atom. The van der Waals surface area contributed by atoms with Gasteiger partial charge in [-0.2, -0.15) is 0 Å². The second kappa shape index (κ2) is 9.70. The minimum Gasteiger partial charge on any atom is -0.376 e. The summed E-state index contributed by atoms with van der Waals surface area (Å²) in [6, 6.07) is 0.804. The fraction of sp³-hybridized carbons (Fsp3) is 0.900. The van der Waals surface area contributed by atoms with Gasteiger partial charge in [-0.15, -0.1) is 0 Å². The Labute approximate surface area is 157 Å². The van der Waals surface area contributed by atoms with E-state index in [0.717, 1.165) is 64.8 Å². The number of nitrogens with one attached hydrogen (secondary N) is 1. The number of carbonyl (C=O) groups excluding carboxylic acids is 2. The number of piperidine rings is 1. The third kappa shape index (κ3) is 5.68. The van der Waals surface area contributed by atoms with Crippen molar-refractivity contribution >= 4 is 11.8 Å². The first-order chi connectivity index (χ1) is 12.7. The maximum absolute atomic E-state index is 12.8. The minimum absolute atomic E-state index is 0.0256. The predicted molar refractivity (Wildman–Crippen MR) is 101 cm³/mol. The molecular formula is C20H35N3O3. The topological polar surface area (TPSA) is 61.9 Å². The van der Waals surface area contributed by atoms with Crippen LogP contribution in [-0.4, -0.2) is 72.6 Å². The average Bonchev–Trinajstić information content (AvgIpc) is 3.33. The number of hydrogen-bond acceptors (Lipinski definition) is 4. The Kier molecular flexibility index (Phi) is 7.32. The minimum atomic E-state index is -0.0256. The van der Waals surface area contributed by atoms with Gasteiger partial charge in [-0.25, -0.2) is 0 Å². The number of hydrogen-bond donors (Lipinski definition) is 1. The van der Waals surface area contributed by atoms with Crippen molar-refractivity contribution in [2.24, 2.45) is 0 Å². The van der Waals surface area contributed by atoms with Gasteiger partial charge in [-0.3, -0.25) is 9.59 Å². The third-order valence-electron chi connectivity index (χ3n) is 5.84. The number of ether oxygens (including phenoxy) is 1. The molecule has 0 spiro atoms. The first-order valence-electron chi connectivity index (χ1n) is 10.6. The number of amides is 2. The highest BCUT2D eigenvalue weighted by Gasteiger charge is 2.38. The van der Waals surface area contributed by atoms with Gasteiger partial charge in [0.1, 0.15) is 0 Å². The van der Waals surface area contributed by atoms with E-state index >= 15 is 0 Å². The van der Waals surface area contributed by atoms with Gasteiger partial charge in [0.05, 0.1) is 6.10 Å². The number of likely N-dealkylation sites (tertiary alicyclic amines) is 1. The lowest BCUT2D eigenvalue weighted by Crippen LogP contribution is -2.48. The molecule has 1 N–H and O–H groups in total. The summed E-state index contributed by atoms with van der Waals surface area (Å²) in [7, 11) is 0. The zero-order valence-electron chi connectivity index (χ0n) is 16.3. The van der Waals surface area contributed by atoms with Gasteiger partial charge in [0.15, 0.2) is 0 Å². The molecule has 6 nitrogen and oxygen atoms in total. The van der Waals surface area contributed by atoms with Crippen LogP contribution < -0.4 is 5.32 Å². The van der Waals surface area contributed by atoms with Gasteiger partial charge in [-0.1, -0.05) is 6.92 Å². The summed E-state index contributed by atoms with van der Waals surface area (Å²) >= 11 is 0. The molecule has 148 valence electrons. The molecule has 2 amide bonds. The summed E-state index contributed by atoms with van der Waals surface area (Å²) < 4.78 is 5.52. The van der Waals surface area contributed by atoms with Gasteiger partial charge < -0.3 is 19.9 Å². The van der Waals surface area contributed by atoms with Crippen LogP contribution in [-0.2, 0) is 14.3 Å². The molecule has 3 rings (SSSR count). The molecule has 2 heterocycles. The summed E-state index contributed by atoms with van der Waals surface area (Å²) in [6.07, 6.45) is 8.49. The normalized spacial score (nSPS) is 24.6. The molecule has 2 saturated heterocycles. The molecule has 1 atom stereocenters. The van der Waals surface area contributed by atoms with Crippen molar-refractivity contribution in [2.45, 2.75) is 82.9 Å². The Morgan fingerprint density at radius 3 is 2.42 bits per heavy atom. The fourth-order valence-corrected chi connectivity index (χ4v) is 4.27. The van der Waals surface area contributed by atoms with E-state index < -0.39 is 0 Å². The Balaban J connectivity index is 1.40. The smallest absolute Gasteiger partial charge is 0.223 e. The van der Waals surface area contributed by atoms with Crippen molar-refractivity contribution in [1.29, 1.82) is 0 Å². The summed E-state index contributed by atoms with van der Waals surface area (Å²) in [5.41, 5.74) is 0. The summed E-state index contributed by atoms with van der Waals surface area (Å²) in [5, 5.41) is 2.92. The van der Waals surface area contributed by atoms with E-state index in [4.69, 9.17) is 4.74 Å². The standard InChI is InChI=1S/C20H35N3O3/c1-2-11-22-12-9-17(10-13-22)23(16-5-6-16)20(25)8-7-19(24)21-15-18-4-3-14-26-18/h16-18H,2-15H2,1H3,(H,21,24). The number of rotatable bonds is 9. The van der Waals surface area contributed by atoms with Crippen LogP contribution in [0, 0.1) is 0 Å². The quantitative estimate of drug-likeness (QED) is 0.678. The molecular weight excluding hydrogens is 330 g/mol. The number of carbonyl (C=O) groups is 2. The highest BCUT2D eigenvalue weighted by molar-refractivity contribution is 5.84. The highest BCUT2D eigenvalue weighted by Crippen LogP contribution is 2.32. The first-order valence-corrected chi connectivity index (χ1v) is 10.6. The second-order valence-electron chi connectivity index (χ2n) is 8.04. The largest absolute Gasteiger partial charge is 0.376 e. The van der Waals surface area contributed by atoms with Crippen LogP contribution in [0.4, 0.5) is 0 Å². The molecule has 1 unspecified atom stereocenters. The molecule has 0 radical (unpaired) electrons. The molecule has 0 aromatic carbocycles. The molecule has 0 bridgehead atoms. The van der Waals surface area contributed by atoms with Crippen molar-refractivity contribution < 1.29 is 14.3 Å². The average molecular weight is 366 g/mol. The molecule has 1 aliphatic carbocycles. The number of nitrogens with zero attached hydrogens (tertiary/aromatic N) is 2. The third-order valence-corrected chi connectivity index (χ3v) is 5.84. The molecule has 26 heavy (non-hydrogen) atoms. The molecule has 1 saturated carbocycles. The predicted octanol–water partition coefficient (Wildman–Crippen LogP) is 1.93. The first kappa shape index (κ1) is 19.6. The molecule has 0 aromatic heterocycles. The van der Waals surface area contributed by atoms with Crippen LogP contribution in [0.5, 0.6) is 0 Å². The van der Waals surface area contributed by atoms with Crippen LogP contribution in [0.25, 0.3) is 0 Å². The van der Waals surface area contributed by atoms with Crippen LogP contribution in [0.3, 0.4) is 0 Å². The van der Waals surface area contributed by atoms with E-state index in [-0.39, 0.29) is 17.9 Å². The van der Waals surface area contributed by atoms with E-state index in [1.807, 2.05) is 0 Å². The maximum Gasteiger partial charge on any atom is 0.223 e. The van der Waals surface area contributed by atoms with Crippen molar-refractivity contribution in [3.8, 4) is 0 Å². The molecule has 2 aliphatic heterocycles. The zero-order valence-corrected chi connectivity index (χ0v) is 16.3. The fourth-order valence-electron chi connectivity index (χ4n) is 4.27. The van der Waals surface area contributed by atoms with Gasteiger partial charge >= 0.3 is 0 Å². The lowest BCUT2D eigenvalue weighted by molar-refractivity contribution is -0.137. The molecule has 3 aliphatic rings.